The first-order chi connectivity index (χ1) is 9.78. The van der Waals surface area contributed by atoms with Gasteiger partial charge in [0.25, 0.3) is 0 Å². The second kappa shape index (κ2) is 9.20. The molecule has 7 heteroatoms. The number of amides is 4. The van der Waals surface area contributed by atoms with Crippen molar-refractivity contribution < 1.29 is 14.4 Å². The summed E-state index contributed by atoms with van der Waals surface area (Å²) in [6.07, 6.45) is 0. The van der Waals surface area contributed by atoms with Gasteiger partial charge in [-0.3, -0.25) is 9.59 Å². The summed E-state index contributed by atoms with van der Waals surface area (Å²) in [6, 6.07) is -1.60. The summed E-state index contributed by atoms with van der Waals surface area (Å²) in [6.45, 7) is 10.2. The number of hydrogen-bond acceptors (Lipinski definition) is 3. The average Bonchev–Trinajstić information content (AvgIpc) is 2.44. The van der Waals surface area contributed by atoms with E-state index in [1.54, 1.807) is 11.8 Å². The molecular formula is C14H28N4O3. The van der Waals surface area contributed by atoms with Gasteiger partial charge in [0.05, 0.1) is 0 Å². The lowest BCUT2D eigenvalue weighted by atomic mass is 10.0. The lowest BCUT2D eigenvalue weighted by Gasteiger charge is -2.27. The maximum Gasteiger partial charge on any atom is 0.318 e. The fourth-order valence-electron chi connectivity index (χ4n) is 1.86. The Hall–Kier alpha value is -1.79. The Kier molecular flexibility index (Phi) is 8.42. The molecule has 0 unspecified atom stereocenters. The van der Waals surface area contributed by atoms with E-state index in [9.17, 15) is 14.4 Å². The summed E-state index contributed by atoms with van der Waals surface area (Å²) in [4.78, 5) is 37.3. The monoisotopic (exact) mass is 300 g/mol. The van der Waals surface area contributed by atoms with E-state index in [0.29, 0.717) is 13.1 Å². The Morgan fingerprint density at radius 2 is 1.48 bits per heavy atom. The van der Waals surface area contributed by atoms with Crippen LogP contribution in [0.15, 0.2) is 0 Å². The first-order valence-electron chi connectivity index (χ1n) is 7.35. The van der Waals surface area contributed by atoms with Crippen molar-refractivity contribution in [1.29, 1.82) is 0 Å². The smallest absolute Gasteiger partial charge is 0.318 e. The van der Waals surface area contributed by atoms with E-state index in [1.807, 2.05) is 27.7 Å². The highest BCUT2D eigenvalue weighted by Gasteiger charge is 2.27. The summed E-state index contributed by atoms with van der Waals surface area (Å²) in [5, 5.41) is 7.80. The summed E-state index contributed by atoms with van der Waals surface area (Å²) >= 11 is 0. The van der Waals surface area contributed by atoms with Crippen molar-refractivity contribution in [2.75, 3.05) is 20.1 Å². The number of nitrogens with one attached hydrogen (secondary N) is 3. The Morgan fingerprint density at radius 3 is 1.86 bits per heavy atom. The third-order valence-corrected chi connectivity index (χ3v) is 3.28. The highest BCUT2D eigenvalue weighted by Crippen LogP contribution is 2.04. The molecule has 0 fully saturated rings. The summed E-state index contributed by atoms with van der Waals surface area (Å²) in [5.41, 5.74) is 0. The van der Waals surface area contributed by atoms with Gasteiger partial charge in [-0.15, -0.1) is 0 Å². The standard InChI is InChI=1S/C14H28N4O3/c1-7-18(8-2)14(21)17-11(9(3)4)13(20)16-10(5)12(19)15-6/h9-11H,7-8H2,1-6H3,(H,15,19)(H,16,20)(H,17,21)/t10-,11-/m0/s1. The minimum absolute atomic E-state index is 0.0820. The van der Waals surface area contributed by atoms with Crippen LogP contribution < -0.4 is 16.0 Å². The molecule has 0 rings (SSSR count). The number of nitrogens with zero attached hydrogens (tertiary/aromatic N) is 1. The van der Waals surface area contributed by atoms with Crippen LogP contribution >= 0.6 is 0 Å². The molecule has 0 spiro atoms. The molecule has 4 amide bonds. The molecule has 0 heterocycles. The molecule has 7 nitrogen and oxygen atoms in total. The SMILES string of the molecule is CCN(CC)C(=O)N[C@H](C(=O)N[C@@H](C)C(=O)NC)C(C)C. The van der Waals surface area contributed by atoms with Crippen LogP contribution in [0.3, 0.4) is 0 Å². The van der Waals surface area contributed by atoms with Crippen LogP contribution in [-0.2, 0) is 9.59 Å². The Morgan fingerprint density at radius 1 is 0.952 bits per heavy atom. The van der Waals surface area contributed by atoms with Gasteiger partial charge in [-0.1, -0.05) is 13.8 Å². The first kappa shape index (κ1) is 19.2. The predicted molar refractivity (Wildman–Crippen MR) is 81.8 cm³/mol. The molecule has 2 atom stereocenters. The number of likely N-dealkylation sites (N-methyl/N-ethyl adjacent to an activating group) is 1. The molecule has 0 bridgehead atoms. The van der Waals surface area contributed by atoms with Gasteiger partial charge in [0.2, 0.25) is 11.8 Å². The normalized spacial score (nSPS) is 13.3. The van der Waals surface area contributed by atoms with Gasteiger partial charge in [0.1, 0.15) is 12.1 Å². The van der Waals surface area contributed by atoms with Crippen molar-refractivity contribution in [1.82, 2.24) is 20.9 Å². The van der Waals surface area contributed by atoms with Crippen LogP contribution in [0.25, 0.3) is 0 Å². The van der Waals surface area contributed by atoms with Gasteiger partial charge in [0, 0.05) is 20.1 Å². The third kappa shape index (κ3) is 6.01. The van der Waals surface area contributed by atoms with Crippen LogP contribution in [0, 0.1) is 5.92 Å². The molecule has 0 aliphatic carbocycles. The van der Waals surface area contributed by atoms with Crippen LogP contribution in [-0.4, -0.2) is 55.0 Å². The van der Waals surface area contributed by atoms with Crippen LogP contribution in [0.1, 0.15) is 34.6 Å². The van der Waals surface area contributed by atoms with Crippen molar-refractivity contribution in [3.8, 4) is 0 Å². The maximum absolute atomic E-state index is 12.2. The molecule has 0 radical (unpaired) electrons. The zero-order chi connectivity index (χ0) is 16.6. The zero-order valence-corrected chi connectivity index (χ0v) is 13.8. The summed E-state index contributed by atoms with van der Waals surface area (Å²) < 4.78 is 0. The van der Waals surface area contributed by atoms with Crippen molar-refractivity contribution in [3.63, 3.8) is 0 Å². The molecule has 21 heavy (non-hydrogen) atoms. The number of hydrogen-bond donors (Lipinski definition) is 3. The number of urea groups is 1. The summed E-state index contributed by atoms with van der Waals surface area (Å²) in [5.74, 6) is -0.719. The van der Waals surface area contributed by atoms with Crippen molar-refractivity contribution in [2.24, 2.45) is 5.92 Å². The maximum atomic E-state index is 12.2. The van der Waals surface area contributed by atoms with Crippen LogP contribution in [0.5, 0.6) is 0 Å². The number of rotatable bonds is 7. The fourth-order valence-corrected chi connectivity index (χ4v) is 1.86. The van der Waals surface area contributed by atoms with Crippen LogP contribution in [0.2, 0.25) is 0 Å². The van der Waals surface area contributed by atoms with E-state index in [4.69, 9.17) is 0 Å². The topological polar surface area (TPSA) is 90.5 Å². The van der Waals surface area contributed by atoms with Gasteiger partial charge < -0.3 is 20.9 Å². The highest BCUT2D eigenvalue weighted by atomic mass is 16.2. The minimum Gasteiger partial charge on any atom is -0.357 e. The summed E-state index contributed by atoms with van der Waals surface area (Å²) in [7, 11) is 1.51. The van der Waals surface area contributed by atoms with Gasteiger partial charge in [-0.25, -0.2) is 4.79 Å². The van der Waals surface area contributed by atoms with Crippen molar-refractivity contribution in [2.45, 2.75) is 46.7 Å². The Bertz CT molecular complexity index is 367. The molecule has 0 aliphatic rings. The molecule has 3 N–H and O–H groups in total. The molecule has 0 aromatic rings. The zero-order valence-electron chi connectivity index (χ0n) is 13.8. The first-order valence-corrected chi connectivity index (χ1v) is 7.35. The van der Waals surface area contributed by atoms with Gasteiger partial charge >= 0.3 is 6.03 Å². The van der Waals surface area contributed by atoms with E-state index in [1.165, 1.54) is 7.05 Å². The van der Waals surface area contributed by atoms with Crippen molar-refractivity contribution in [3.05, 3.63) is 0 Å². The lowest BCUT2D eigenvalue weighted by Crippen LogP contribution is -2.56. The lowest BCUT2D eigenvalue weighted by molar-refractivity contribution is -0.129. The molecular weight excluding hydrogens is 272 g/mol. The second-order valence-electron chi connectivity index (χ2n) is 5.19. The van der Waals surface area contributed by atoms with E-state index in [2.05, 4.69) is 16.0 Å². The molecule has 0 saturated carbocycles. The third-order valence-electron chi connectivity index (χ3n) is 3.28. The molecule has 0 saturated heterocycles. The van der Waals surface area contributed by atoms with E-state index < -0.39 is 12.1 Å². The quantitative estimate of drug-likeness (QED) is 0.632. The number of carbonyl (C=O) groups is 3. The molecule has 0 aromatic carbocycles. The largest absolute Gasteiger partial charge is 0.357 e. The Balaban J connectivity index is 4.79. The Labute approximate surface area is 126 Å². The van der Waals surface area contributed by atoms with E-state index >= 15 is 0 Å². The average molecular weight is 300 g/mol. The fraction of sp³-hybridized carbons (Fsp3) is 0.786. The minimum atomic E-state index is -0.676. The van der Waals surface area contributed by atoms with Crippen LogP contribution in [0.4, 0.5) is 4.79 Å². The van der Waals surface area contributed by atoms with Crippen molar-refractivity contribution >= 4 is 17.8 Å². The second-order valence-corrected chi connectivity index (χ2v) is 5.19. The van der Waals surface area contributed by atoms with Gasteiger partial charge in [-0.2, -0.15) is 0 Å². The van der Waals surface area contributed by atoms with Gasteiger partial charge in [-0.05, 0) is 26.7 Å². The van der Waals surface area contributed by atoms with Gasteiger partial charge in [0.15, 0.2) is 0 Å². The predicted octanol–water partition coefficient (Wildman–Crippen LogP) is 0.313. The highest BCUT2D eigenvalue weighted by molar-refractivity contribution is 5.91. The molecule has 0 aliphatic heterocycles. The molecule has 122 valence electrons. The molecule has 0 aromatic heterocycles. The van der Waals surface area contributed by atoms with E-state index in [-0.39, 0.29) is 23.8 Å². The number of carbonyl (C=O) groups excluding carboxylic acids is 3. The van der Waals surface area contributed by atoms with E-state index in [0.717, 1.165) is 0 Å².